The van der Waals surface area contributed by atoms with Gasteiger partial charge < -0.3 is 15.2 Å². The van der Waals surface area contributed by atoms with Crippen LogP contribution < -0.4 is 5.32 Å². The number of rotatable bonds is 7. The molecule has 1 heterocycles. The number of halogens is 3. The Kier molecular flexibility index (Phi) is 7.30. The molecule has 1 saturated heterocycles. The lowest BCUT2D eigenvalue weighted by atomic mass is 9.86. The van der Waals surface area contributed by atoms with Crippen LogP contribution in [0.15, 0.2) is 0 Å². The van der Waals surface area contributed by atoms with Crippen molar-refractivity contribution in [1.82, 2.24) is 5.32 Å². The highest BCUT2D eigenvalue weighted by Gasteiger charge is 2.30. The smallest absolute Gasteiger partial charge is 0.397 e. The van der Waals surface area contributed by atoms with Gasteiger partial charge in [-0.2, -0.15) is 13.2 Å². The van der Waals surface area contributed by atoms with Crippen LogP contribution in [0.1, 0.15) is 12.8 Å². The lowest BCUT2D eigenvalue weighted by Crippen LogP contribution is -2.39. The molecular formula is C12H18F3NO4S. The summed E-state index contributed by atoms with van der Waals surface area (Å²) in [5, 5.41) is 11.6. The number of carbonyl (C=O) groups excluding carboxylic acids is 1. The first-order valence-corrected chi connectivity index (χ1v) is 7.67. The fourth-order valence-corrected chi connectivity index (χ4v) is 2.73. The van der Waals surface area contributed by atoms with Crippen molar-refractivity contribution < 1.29 is 32.6 Å². The van der Waals surface area contributed by atoms with Gasteiger partial charge in [0.25, 0.3) is 0 Å². The van der Waals surface area contributed by atoms with Crippen molar-refractivity contribution in [3.8, 4) is 0 Å². The molecule has 0 spiro atoms. The fourth-order valence-electron chi connectivity index (χ4n) is 2.11. The van der Waals surface area contributed by atoms with E-state index in [1.807, 2.05) is 0 Å². The predicted octanol–water partition coefficient (Wildman–Crippen LogP) is 1.53. The number of carboxylic acid groups (broad SMARTS) is 1. The first-order valence-electron chi connectivity index (χ1n) is 6.51. The Morgan fingerprint density at radius 2 is 1.95 bits per heavy atom. The Labute approximate surface area is 124 Å². The molecule has 21 heavy (non-hydrogen) atoms. The monoisotopic (exact) mass is 329 g/mol. The summed E-state index contributed by atoms with van der Waals surface area (Å²) in [5.74, 6) is -3.83. The summed E-state index contributed by atoms with van der Waals surface area (Å²) in [4.78, 5) is 22.6. The number of alkyl halides is 3. The largest absolute Gasteiger partial charge is 0.481 e. The van der Waals surface area contributed by atoms with Crippen LogP contribution in [-0.4, -0.2) is 54.4 Å². The number of amides is 1. The first kappa shape index (κ1) is 18.1. The number of carboxylic acids is 1. The number of ether oxygens (including phenoxy) is 1. The number of aliphatic carboxylic acids is 1. The molecule has 5 nitrogen and oxygen atoms in total. The molecule has 0 aromatic heterocycles. The number of hydrogen-bond acceptors (Lipinski definition) is 4. The third-order valence-corrected chi connectivity index (χ3v) is 4.17. The van der Waals surface area contributed by atoms with Gasteiger partial charge in [-0.25, -0.2) is 0 Å². The van der Waals surface area contributed by atoms with E-state index in [0.29, 0.717) is 37.8 Å². The van der Waals surface area contributed by atoms with E-state index in [1.54, 1.807) is 0 Å². The molecule has 0 radical (unpaired) electrons. The molecule has 2 N–H and O–H groups in total. The normalized spacial score (nSPS) is 18.2. The maximum Gasteiger partial charge on any atom is 0.397 e. The van der Waals surface area contributed by atoms with Gasteiger partial charge in [-0.15, -0.1) is 11.8 Å². The summed E-state index contributed by atoms with van der Waals surface area (Å²) in [6.07, 6.45) is -3.10. The minimum absolute atomic E-state index is 0.0641. The Morgan fingerprint density at radius 3 is 2.48 bits per heavy atom. The van der Waals surface area contributed by atoms with Crippen molar-refractivity contribution in [2.75, 3.05) is 31.3 Å². The van der Waals surface area contributed by atoms with Gasteiger partial charge in [0.15, 0.2) is 0 Å². The second kappa shape index (κ2) is 8.47. The minimum atomic E-state index is -4.31. The zero-order chi connectivity index (χ0) is 15.9. The third-order valence-electron chi connectivity index (χ3n) is 3.17. The molecule has 1 unspecified atom stereocenters. The number of nitrogens with one attached hydrogen (secondary N) is 1. The van der Waals surface area contributed by atoms with Crippen LogP contribution in [0.4, 0.5) is 13.2 Å². The molecule has 1 atom stereocenters. The Balaban J connectivity index is 2.32. The van der Waals surface area contributed by atoms with Crippen LogP contribution in [0.5, 0.6) is 0 Å². The Hall–Kier alpha value is -0.960. The molecule has 1 aliphatic rings. The van der Waals surface area contributed by atoms with E-state index in [9.17, 15) is 27.9 Å². The van der Waals surface area contributed by atoms with Crippen LogP contribution in [0.3, 0.4) is 0 Å². The van der Waals surface area contributed by atoms with Gasteiger partial charge in [0.05, 0.1) is 17.4 Å². The molecule has 0 saturated carbocycles. The molecule has 1 aliphatic heterocycles. The first-order chi connectivity index (χ1) is 9.79. The lowest BCUT2D eigenvalue weighted by Gasteiger charge is -2.27. The standard InChI is InChI=1S/C12H18F3NO4S/c13-12(14,15)7-21-6-10(17)16-5-9(11(18)19)8-1-3-20-4-2-8/h8-9H,1-7H2,(H,16,17)(H,18,19). The fraction of sp³-hybridized carbons (Fsp3) is 0.833. The third kappa shape index (κ3) is 7.56. The molecule has 0 aromatic carbocycles. The molecule has 122 valence electrons. The van der Waals surface area contributed by atoms with Gasteiger partial charge in [0.2, 0.25) is 5.91 Å². The molecule has 9 heteroatoms. The average molecular weight is 329 g/mol. The van der Waals surface area contributed by atoms with E-state index in [4.69, 9.17) is 4.74 Å². The SMILES string of the molecule is O=C(CSCC(F)(F)F)NCC(C(=O)O)C1CCOCC1. The van der Waals surface area contributed by atoms with E-state index in [2.05, 4.69) is 5.32 Å². The van der Waals surface area contributed by atoms with Gasteiger partial charge in [-0.3, -0.25) is 9.59 Å². The summed E-state index contributed by atoms with van der Waals surface area (Å²) in [6, 6.07) is 0. The van der Waals surface area contributed by atoms with Crippen LogP contribution >= 0.6 is 11.8 Å². The van der Waals surface area contributed by atoms with Crippen molar-refractivity contribution in [3.05, 3.63) is 0 Å². The van der Waals surface area contributed by atoms with Crippen LogP contribution in [0.25, 0.3) is 0 Å². The molecule has 0 bridgehead atoms. The van der Waals surface area contributed by atoms with Crippen molar-refractivity contribution in [3.63, 3.8) is 0 Å². The molecule has 0 aromatic rings. The van der Waals surface area contributed by atoms with Crippen molar-refractivity contribution in [2.45, 2.75) is 19.0 Å². The van der Waals surface area contributed by atoms with Gasteiger partial charge >= 0.3 is 12.1 Å². The maximum absolute atomic E-state index is 11.9. The molecule has 0 aliphatic carbocycles. The van der Waals surface area contributed by atoms with Crippen molar-refractivity contribution in [1.29, 1.82) is 0 Å². The van der Waals surface area contributed by atoms with E-state index in [0.717, 1.165) is 0 Å². The summed E-state index contributed by atoms with van der Waals surface area (Å²) in [6.45, 7) is 0.916. The van der Waals surface area contributed by atoms with E-state index >= 15 is 0 Å². The average Bonchev–Trinajstić information content (AvgIpc) is 2.38. The Morgan fingerprint density at radius 1 is 1.33 bits per heavy atom. The second-order valence-electron chi connectivity index (χ2n) is 4.81. The van der Waals surface area contributed by atoms with Gasteiger partial charge in [-0.1, -0.05) is 0 Å². The second-order valence-corrected chi connectivity index (χ2v) is 5.79. The maximum atomic E-state index is 11.9. The summed E-state index contributed by atoms with van der Waals surface area (Å²) in [7, 11) is 0. The molecular weight excluding hydrogens is 311 g/mol. The van der Waals surface area contributed by atoms with Gasteiger partial charge in [-0.05, 0) is 18.8 Å². The van der Waals surface area contributed by atoms with Crippen LogP contribution in [0.2, 0.25) is 0 Å². The van der Waals surface area contributed by atoms with Crippen LogP contribution in [0, 0.1) is 11.8 Å². The zero-order valence-electron chi connectivity index (χ0n) is 11.3. The topological polar surface area (TPSA) is 75.6 Å². The highest BCUT2D eigenvalue weighted by Crippen LogP contribution is 2.24. The van der Waals surface area contributed by atoms with Crippen LogP contribution in [-0.2, 0) is 14.3 Å². The molecule has 1 fully saturated rings. The van der Waals surface area contributed by atoms with E-state index in [1.165, 1.54) is 0 Å². The zero-order valence-corrected chi connectivity index (χ0v) is 12.1. The summed E-state index contributed by atoms with van der Waals surface area (Å²) >= 11 is 0.459. The molecule has 1 amide bonds. The van der Waals surface area contributed by atoms with Crippen molar-refractivity contribution in [2.24, 2.45) is 11.8 Å². The minimum Gasteiger partial charge on any atom is -0.481 e. The lowest BCUT2D eigenvalue weighted by molar-refractivity contribution is -0.144. The Bertz CT molecular complexity index is 359. The summed E-state index contributed by atoms with van der Waals surface area (Å²) < 4.78 is 40.9. The molecule has 1 rings (SSSR count). The van der Waals surface area contributed by atoms with E-state index < -0.39 is 29.7 Å². The quantitative estimate of drug-likeness (QED) is 0.741. The number of hydrogen-bond donors (Lipinski definition) is 2. The highest BCUT2D eigenvalue weighted by atomic mass is 32.2. The van der Waals surface area contributed by atoms with Gasteiger partial charge in [0.1, 0.15) is 0 Å². The van der Waals surface area contributed by atoms with E-state index in [-0.39, 0.29) is 18.2 Å². The number of carbonyl (C=O) groups is 2. The van der Waals surface area contributed by atoms with Crippen molar-refractivity contribution >= 4 is 23.6 Å². The highest BCUT2D eigenvalue weighted by molar-refractivity contribution is 8.00. The van der Waals surface area contributed by atoms with Gasteiger partial charge in [0, 0.05) is 19.8 Å². The summed E-state index contributed by atoms with van der Waals surface area (Å²) in [5.41, 5.74) is 0. The predicted molar refractivity (Wildman–Crippen MR) is 71.1 cm³/mol. The number of thioether (sulfide) groups is 1.